The van der Waals surface area contributed by atoms with E-state index in [1.807, 2.05) is 29.8 Å². The van der Waals surface area contributed by atoms with E-state index in [-0.39, 0.29) is 17.8 Å². The fraction of sp³-hybridized carbons (Fsp3) is 0.294. The standard InChI is InChI=1S/C17H18FN3OS/c1-3-11(2)19-16(22)8-14-10-23-17-20-15(9-21(14)17)12-4-6-13(18)7-5-12/h4-7,9-11H,3,8H2,1-2H3,(H,19,22)/t11-/m0/s1. The minimum Gasteiger partial charge on any atom is -0.353 e. The smallest absolute Gasteiger partial charge is 0.226 e. The summed E-state index contributed by atoms with van der Waals surface area (Å²) in [5.41, 5.74) is 2.55. The predicted molar refractivity (Wildman–Crippen MR) is 90.1 cm³/mol. The monoisotopic (exact) mass is 331 g/mol. The van der Waals surface area contributed by atoms with Crippen molar-refractivity contribution >= 4 is 22.2 Å². The molecule has 0 saturated heterocycles. The maximum absolute atomic E-state index is 13.0. The Hall–Kier alpha value is -2.21. The summed E-state index contributed by atoms with van der Waals surface area (Å²) in [5, 5.41) is 4.92. The molecule has 0 aliphatic rings. The number of amides is 1. The second-order valence-corrected chi connectivity index (χ2v) is 6.40. The highest BCUT2D eigenvalue weighted by Crippen LogP contribution is 2.24. The van der Waals surface area contributed by atoms with Gasteiger partial charge < -0.3 is 5.32 Å². The van der Waals surface area contributed by atoms with Gasteiger partial charge in [-0.25, -0.2) is 9.37 Å². The summed E-state index contributed by atoms with van der Waals surface area (Å²) < 4.78 is 14.9. The molecule has 0 radical (unpaired) electrons. The number of aromatic nitrogens is 2. The molecule has 3 rings (SSSR count). The van der Waals surface area contributed by atoms with E-state index in [2.05, 4.69) is 10.3 Å². The number of benzene rings is 1. The lowest BCUT2D eigenvalue weighted by molar-refractivity contribution is -0.121. The maximum atomic E-state index is 13.0. The largest absolute Gasteiger partial charge is 0.353 e. The molecule has 120 valence electrons. The van der Waals surface area contributed by atoms with Gasteiger partial charge in [0.05, 0.1) is 12.1 Å². The molecule has 0 bridgehead atoms. The molecule has 0 unspecified atom stereocenters. The topological polar surface area (TPSA) is 46.4 Å². The molecule has 1 amide bonds. The molecule has 0 fully saturated rings. The molecule has 1 N–H and O–H groups in total. The fourth-order valence-corrected chi connectivity index (χ4v) is 3.18. The van der Waals surface area contributed by atoms with Crippen molar-refractivity contribution in [3.05, 3.63) is 47.4 Å². The fourth-order valence-electron chi connectivity index (χ4n) is 2.31. The lowest BCUT2D eigenvalue weighted by Crippen LogP contribution is -2.33. The van der Waals surface area contributed by atoms with Crippen molar-refractivity contribution in [1.29, 1.82) is 0 Å². The van der Waals surface area contributed by atoms with E-state index >= 15 is 0 Å². The van der Waals surface area contributed by atoms with Crippen LogP contribution in [0.25, 0.3) is 16.2 Å². The number of nitrogens with zero attached hydrogens (tertiary/aromatic N) is 2. The number of hydrogen-bond donors (Lipinski definition) is 1. The number of rotatable bonds is 5. The average molecular weight is 331 g/mol. The van der Waals surface area contributed by atoms with Crippen LogP contribution in [0.15, 0.2) is 35.8 Å². The predicted octanol–water partition coefficient (Wildman–Crippen LogP) is 3.66. The van der Waals surface area contributed by atoms with Crippen LogP contribution in [0.5, 0.6) is 0 Å². The first-order chi connectivity index (χ1) is 11.1. The third-order valence-electron chi connectivity index (χ3n) is 3.78. The molecule has 2 heterocycles. The molecule has 23 heavy (non-hydrogen) atoms. The molecule has 0 spiro atoms. The van der Waals surface area contributed by atoms with Crippen molar-refractivity contribution in [3.63, 3.8) is 0 Å². The maximum Gasteiger partial charge on any atom is 0.226 e. The van der Waals surface area contributed by atoms with Gasteiger partial charge in [0, 0.05) is 28.9 Å². The molecule has 1 atom stereocenters. The normalized spacial score (nSPS) is 12.5. The van der Waals surface area contributed by atoms with Gasteiger partial charge in [0.2, 0.25) is 5.91 Å². The first-order valence-corrected chi connectivity index (χ1v) is 8.45. The summed E-state index contributed by atoms with van der Waals surface area (Å²) in [7, 11) is 0. The zero-order valence-corrected chi connectivity index (χ0v) is 13.9. The molecular formula is C17H18FN3OS. The molecule has 3 aromatic rings. The summed E-state index contributed by atoms with van der Waals surface area (Å²) in [4.78, 5) is 17.4. The van der Waals surface area contributed by atoms with E-state index in [4.69, 9.17) is 0 Å². The summed E-state index contributed by atoms with van der Waals surface area (Å²) in [6.45, 7) is 4.03. The van der Waals surface area contributed by atoms with Crippen molar-refractivity contribution in [2.75, 3.05) is 0 Å². The van der Waals surface area contributed by atoms with Crippen LogP contribution in [0.3, 0.4) is 0 Å². The Morgan fingerprint density at radius 3 is 2.83 bits per heavy atom. The lowest BCUT2D eigenvalue weighted by Gasteiger charge is -2.10. The molecular weight excluding hydrogens is 313 g/mol. The highest BCUT2D eigenvalue weighted by Gasteiger charge is 2.13. The summed E-state index contributed by atoms with van der Waals surface area (Å²) in [5.74, 6) is -0.256. The van der Waals surface area contributed by atoms with Gasteiger partial charge in [-0.05, 0) is 37.6 Å². The van der Waals surface area contributed by atoms with Crippen molar-refractivity contribution in [2.24, 2.45) is 0 Å². The van der Waals surface area contributed by atoms with Crippen LogP contribution in [0.1, 0.15) is 26.0 Å². The van der Waals surface area contributed by atoms with E-state index in [1.54, 1.807) is 12.1 Å². The van der Waals surface area contributed by atoms with Gasteiger partial charge in [0.25, 0.3) is 0 Å². The van der Waals surface area contributed by atoms with Crippen molar-refractivity contribution in [3.8, 4) is 11.3 Å². The second kappa shape index (κ2) is 6.50. The first-order valence-electron chi connectivity index (χ1n) is 7.57. The first kappa shape index (κ1) is 15.7. The molecule has 2 aromatic heterocycles. The number of hydrogen-bond acceptors (Lipinski definition) is 3. The highest BCUT2D eigenvalue weighted by molar-refractivity contribution is 7.15. The van der Waals surface area contributed by atoms with Gasteiger partial charge in [-0.1, -0.05) is 6.92 Å². The third-order valence-corrected chi connectivity index (χ3v) is 4.67. The molecule has 6 heteroatoms. The van der Waals surface area contributed by atoms with Gasteiger partial charge >= 0.3 is 0 Å². The number of halogens is 1. The van der Waals surface area contributed by atoms with Gasteiger partial charge in [-0.15, -0.1) is 11.3 Å². The zero-order valence-electron chi connectivity index (χ0n) is 13.0. The number of nitrogens with one attached hydrogen (secondary N) is 1. The highest BCUT2D eigenvalue weighted by atomic mass is 32.1. The number of fused-ring (bicyclic) bond motifs is 1. The average Bonchev–Trinajstić information content (AvgIpc) is 3.10. The van der Waals surface area contributed by atoms with E-state index < -0.39 is 0 Å². The summed E-state index contributed by atoms with van der Waals surface area (Å²) in [6, 6.07) is 6.43. The van der Waals surface area contributed by atoms with Gasteiger partial charge in [-0.3, -0.25) is 9.20 Å². The molecule has 0 saturated carbocycles. The van der Waals surface area contributed by atoms with Crippen LogP contribution in [-0.2, 0) is 11.2 Å². The molecule has 1 aromatic carbocycles. The van der Waals surface area contributed by atoms with Crippen LogP contribution in [0.2, 0.25) is 0 Å². The molecule has 4 nitrogen and oxygen atoms in total. The third kappa shape index (κ3) is 3.42. The van der Waals surface area contributed by atoms with Crippen LogP contribution in [0, 0.1) is 5.82 Å². The Kier molecular flexibility index (Phi) is 4.43. The van der Waals surface area contributed by atoms with Gasteiger partial charge in [-0.2, -0.15) is 0 Å². The van der Waals surface area contributed by atoms with Crippen LogP contribution in [-0.4, -0.2) is 21.3 Å². The number of imidazole rings is 1. The van der Waals surface area contributed by atoms with Crippen LogP contribution >= 0.6 is 11.3 Å². The summed E-state index contributed by atoms with van der Waals surface area (Å²) >= 11 is 1.50. The lowest BCUT2D eigenvalue weighted by atomic mass is 10.2. The minimum absolute atomic E-state index is 0.0103. The second-order valence-electron chi connectivity index (χ2n) is 5.57. The van der Waals surface area contributed by atoms with Crippen molar-refractivity contribution in [2.45, 2.75) is 32.7 Å². The van der Waals surface area contributed by atoms with E-state index in [1.165, 1.54) is 23.5 Å². The quantitative estimate of drug-likeness (QED) is 0.775. The number of carbonyl (C=O) groups is 1. The molecule has 0 aliphatic heterocycles. The SMILES string of the molecule is CC[C@H](C)NC(=O)Cc1csc2nc(-c3ccc(F)cc3)cn12. The van der Waals surface area contributed by atoms with Crippen molar-refractivity contribution < 1.29 is 9.18 Å². The van der Waals surface area contributed by atoms with E-state index in [0.717, 1.165) is 28.3 Å². The Bertz CT molecular complexity index is 822. The van der Waals surface area contributed by atoms with E-state index in [9.17, 15) is 9.18 Å². The minimum atomic E-state index is -0.267. The van der Waals surface area contributed by atoms with Crippen molar-refractivity contribution in [1.82, 2.24) is 14.7 Å². The zero-order chi connectivity index (χ0) is 16.4. The van der Waals surface area contributed by atoms with Gasteiger partial charge in [0.1, 0.15) is 5.82 Å². The molecule has 0 aliphatic carbocycles. The Morgan fingerprint density at radius 2 is 2.13 bits per heavy atom. The Labute approximate surface area is 138 Å². The summed E-state index contributed by atoms with van der Waals surface area (Å²) in [6.07, 6.45) is 3.12. The van der Waals surface area contributed by atoms with E-state index in [0.29, 0.717) is 6.42 Å². The Morgan fingerprint density at radius 1 is 1.39 bits per heavy atom. The van der Waals surface area contributed by atoms with Crippen LogP contribution < -0.4 is 5.32 Å². The Balaban J connectivity index is 1.83. The number of carbonyl (C=O) groups excluding carboxylic acids is 1. The number of thiazole rings is 1. The van der Waals surface area contributed by atoms with Gasteiger partial charge in [0.15, 0.2) is 4.96 Å². The van der Waals surface area contributed by atoms with Crippen LogP contribution in [0.4, 0.5) is 4.39 Å².